The molecule has 1 saturated heterocycles. The maximum absolute atomic E-state index is 12.7. The van der Waals surface area contributed by atoms with Crippen molar-refractivity contribution in [3.8, 4) is 0 Å². The Hall–Kier alpha value is -1.78. The molecular formula is C18H20ClNO3. The number of furan rings is 1. The molecule has 2 unspecified atom stereocenters. The van der Waals surface area contributed by atoms with Crippen molar-refractivity contribution in [1.82, 2.24) is 5.32 Å². The molecule has 1 aromatic heterocycles. The van der Waals surface area contributed by atoms with E-state index < -0.39 is 0 Å². The van der Waals surface area contributed by atoms with E-state index >= 15 is 0 Å². The molecule has 0 spiro atoms. The second kappa shape index (κ2) is 7.66. The Morgan fingerprint density at radius 1 is 1.30 bits per heavy atom. The minimum atomic E-state index is -0.306. The van der Waals surface area contributed by atoms with Gasteiger partial charge in [-0.1, -0.05) is 23.7 Å². The van der Waals surface area contributed by atoms with E-state index in [1.807, 2.05) is 24.3 Å². The fraction of sp³-hybridized carbons (Fsp3) is 0.389. The number of halogens is 1. The van der Waals surface area contributed by atoms with Gasteiger partial charge in [-0.3, -0.25) is 4.79 Å². The average molecular weight is 334 g/mol. The zero-order valence-electron chi connectivity index (χ0n) is 12.8. The Morgan fingerprint density at radius 2 is 2.13 bits per heavy atom. The number of carbonyl (C=O) groups excluding carboxylic acids is 1. The van der Waals surface area contributed by atoms with Gasteiger partial charge in [-0.25, -0.2) is 0 Å². The number of benzene rings is 1. The lowest BCUT2D eigenvalue weighted by molar-refractivity contribution is -0.123. The Morgan fingerprint density at radius 3 is 2.78 bits per heavy atom. The van der Waals surface area contributed by atoms with E-state index in [2.05, 4.69) is 5.32 Å². The van der Waals surface area contributed by atoms with Crippen molar-refractivity contribution in [2.45, 2.75) is 31.3 Å². The van der Waals surface area contributed by atoms with Gasteiger partial charge in [0, 0.05) is 24.6 Å². The molecule has 1 fully saturated rings. The maximum Gasteiger partial charge on any atom is 0.228 e. The molecule has 1 amide bonds. The zero-order chi connectivity index (χ0) is 16.1. The predicted octanol–water partition coefficient (Wildman–Crippen LogP) is 3.55. The van der Waals surface area contributed by atoms with Crippen LogP contribution in [-0.4, -0.2) is 25.2 Å². The van der Waals surface area contributed by atoms with Crippen LogP contribution in [0, 0.1) is 0 Å². The first-order chi connectivity index (χ1) is 11.2. The second-order valence-electron chi connectivity index (χ2n) is 5.77. The summed E-state index contributed by atoms with van der Waals surface area (Å²) in [6.07, 6.45) is 4.34. The number of rotatable bonds is 6. The molecule has 1 aromatic carbocycles. The molecule has 1 N–H and O–H groups in total. The van der Waals surface area contributed by atoms with Crippen LogP contribution in [0.15, 0.2) is 47.1 Å². The van der Waals surface area contributed by atoms with Crippen LogP contribution in [0.3, 0.4) is 0 Å². The maximum atomic E-state index is 12.7. The molecule has 3 rings (SSSR count). The minimum Gasteiger partial charge on any atom is -0.469 e. The molecule has 2 aromatic rings. The second-order valence-corrected chi connectivity index (χ2v) is 6.20. The lowest BCUT2D eigenvalue weighted by Gasteiger charge is -2.18. The van der Waals surface area contributed by atoms with Crippen molar-refractivity contribution < 1.29 is 13.9 Å². The van der Waals surface area contributed by atoms with E-state index in [0.717, 1.165) is 30.8 Å². The Kier molecular flexibility index (Phi) is 5.36. The van der Waals surface area contributed by atoms with Gasteiger partial charge in [0.2, 0.25) is 5.91 Å². The smallest absolute Gasteiger partial charge is 0.228 e. The van der Waals surface area contributed by atoms with Gasteiger partial charge in [-0.05, 0) is 42.7 Å². The first kappa shape index (κ1) is 16.1. The summed E-state index contributed by atoms with van der Waals surface area (Å²) in [7, 11) is 0. The summed E-state index contributed by atoms with van der Waals surface area (Å²) in [5.74, 6) is 0.469. The number of hydrogen-bond donors (Lipinski definition) is 1. The molecule has 2 heterocycles. The summed E-state index contributed by atoms with van der Waals surface area (Å²) < 4.78 is 11.0. The van der Waals surface area contributed by atoms with Gasteiger partial charge in [-0.15, -0.1) is 0 Å². The number of carbonyl (C=O) groups is 1. The number of amides is 1. The molecule has 1 aliphatic rings. The van der Waals surface area contributed by atoms with E-state index in [1.54, 1.807) is 18.4 Å². The van der Waals surface area contributed by atoms with Crippen molar-refractivity contribution in [1.29, 1.82) is 0 Å². The number of nitrogens with one attached hydrogen (secondary N) is 1. The van der Waals surface area contributed by atoms with Crippen molar-refractivity contribution in [2.75, 3.05) is 13.2 Å². The average Bonchev–Trinajstić information content (AvgIpc) is 3.25. The van der Waals surface area contributed by atoms with Crippen LogP contribution in [0.1, 0.15) is 30.1 Å². The van der Waals surface area contributed by atoms with Crippen molar-refractivity contribution in [3.63, 3.8) is 0 Å². The van der Waals surface area contributed by atoms with E-state index in [9.17, 15) is 4.79 Å². The molecule has 0 aliphatic carbocycles. The van der Waals surface area contributed by atoms with Crippen LogP contribution < -0.4 is 5.32 Å². The molecular weight excluding hydrogens is 314 g/mol. The van der Waals surface area contributed by atoms with Gasteiger partial charge in [0.05, 0.1) is 18.3 Å². The van der Waals surface area contributed by atoms with Gasteiger partial charge in [-0.2, -0.15) is 0 Å². The van der Waals surface area contributed by atoms with Crippen LogP contribution in [0.25, 0.3) is 0 Å². The summed E-state index contributed by atoms with van der Waals surface area (Å²) in [6.45, 7) is 1.34. The highest BCUT2D eigenvalue weighted by molar-refractivity contribution is 6.30. The predicted molar refractivity (Wildman–Crippen MR) is 88.6 cm³/mol. The van der Waals surface area contributed by atoms with Gasteiger partial charge in [0.25, 0.3) is 0 Å². The molecule has 23 heavy (non-hydrogen) atoms. The monoisotopic (exact) mass is 333 g/mol. The SMILES string of the molecule is O=C(NCC1CCCO1)C(Cc1ccco1)c1ccc(Cl)cc1. The first-order valence-electron chi connectivity index (χ1n) is 7.89. The fourth-order valence-electron chi connectivity index (χ4n) is 2.83. The summed E-state index contributed by atoms with van der Waals surface area (Å²) in [5.41, 5.74) is 0.927. The van der Waals surface area contributed by atoms with Crippen LogP contribution in [0.5, 0.6) is 0 Å². The molecule has 122 valence electrons. The van der Waals surface area contributed by atoms with Gasteiger partial charge in [0.15, 0.2) is 0 Å². The first-order valence-corrected chi connectivity index (χ1v) is 8.27. The third-order valence-corrected chi connectivity index (χ3v) is 4.35. The van der Waals surface area contributed by atoms with Crippen LogP contribution >= 0.6 is 11.6 Å². The summed E-state index contributed by atoms with van der Waals surface area (Å²) in [5, 5.41) is 3.67. The molecule has 2 atom stereocenters. The molecule has 0 saturated carbocycles. The third kappa shape index (κ3) is 4.36. The van der Waals surface area contributed by atoms with Crippen LogP contribution in [0.2, 0.25) is 5.02 Å². The van der Waals surface area contributed by atoms with Gasteiger partial charge in [0.1, 0.15) is 5.76 Å². The summed E-state index contributed by atoms with van der Waals surface area (Å²) in [6, 6.07) is 11.1. The van der Waals surface area contributed by atoms with Crippen molar-refractivity contribution in [3.05, 3.63) is 59.0 Å². The lowest BCUT2D eigenvalue weighted by atomic mass is 9.93. The van der Waals surface area contributed by atoms with E-state index in [1.165, 1.54) is 0 Å². The minimum absolute atomic E-state index is 0.0146. The van der Waals surface area contributed by atoms with E-state index in [0.29, 0.717) is 18.0 Å². The molecule has 5 heteroatoms. The Labute approximate surface area is 140 Å². The lowest BCUT2D eigenvalue weighted by Crippen LogP contribution is -2.36. The van der Waals surface area contributed by atoms with Crippen LogP contribution in [-0.2, 0) is 16.0 Å². The molecule has 4 nitrogen and oxygen atoms in total. The molecule has 0 bridgehead atoms. The van der Waals surface area contributed by atoms with E-state index in [4.69, 9.17) is 20.8 Å². The van der Waals surface area contributed by atoms with Crippen molar-refractivity contribution in [2.24, 2.45) is 0 Å². The number of ether oxygens (including phenoxy) is 1. The highest BCUT2D eigenvalue weighted by atomic mass is 35.5. The Bertz CT molecular complexity index is 618. The third-order valence-electron chi connectivity index (χ3n) is 4.10. The van der Waals surface area contributed by atoms with Crippen molar-refractivity contribution >= 4 is 17.5 Å². The van der Waals surface area contributed by atoms with E-state index in [-0.39, 0.29) is 17.9 Å². The topological polar surface area (TPSA) is 51.5 Å². The fourth-order valence-corrected chi connectivity index (χ4v) is 2.96. The number of hydrogen-bond acceptors (Lipinski definition) is 3. The van der Waals surface area contributed by atoms with Gasteiger partial charge >= 0.3 is 0 Å². The van der Waals surface area contributed by atoms with Gasteiger partial charge < -0.3 is 14.5 Å². The van der Waals surface area contributed by atoms with Crippen LogP contribution in [0.4, 0.5) is 0 Å². The largest absolute Gasteiger partial charge is 0.469 e. The Balaban J connectivity index is 1.70. The highest BCUT2D eigenvalue weighted by Crippen LogP contribution is 2.23. The highest BCUT2D eigenvalue weighted by Gasteiger charge is 2.24. The standard InChI is InChI=1S/C18H20ClNO3/c19-14-7-5-13(6-8-14)17(11-15-3-1-9-22-15)18(21)20-12-16-4-2-10-23-16/h1,3,5-9,16-17H,2,4,10-12H2,(H,20,21). The quantitative estimate of drug-likeness (QED) is 0.879. The summed E-state index contributed by atoms with van der Waals surface area (Å²) in [4.78, 5) is 12.7. The molecule has 1 aliphatic heterocycles. The zero-order valence-corrected chi connectivity index (χ0v) is 13.6. The summed E-state index contributed by atoms with van der Waals surface area (Å²) >= 11 is 5.95. The molecule has 0 radical (unpaired) electrons. The normalized spacial score (nSPS) is 18.7.